The molecule has 1 amide bonds. The molecular weight excluding hydrogens is 247 g/mol. The van der Waals surface area contributed by atoms with Gasteiger partial charge in [0, 0.05) is 22.2 Å². The Morgan fingerprint density at radius 1 is 1.25 bits per heavy atom. The summed E-state index contributed by atoms with van der Waals surface area (Å²) in [7, 11) is 1.86. The van der Waals surface area contributed by atoms with Crippen molar-refractivity contribution in [1.29, 1.82) is 0 Å². The first-order chi connectivity index (χ1) is 7.61. The zero-order valence-corrected chi connectivity index (χ0v) is 10.5. The Kier molecular flexibility index (Phi) is 5.60. The Bertz CT molecular complexity index is 349. The van der Waals surface area contributed by atoms with Gasteiger partial charge in [0.2, 0.25) is 5.91 Å². The van der Waals surface area contributed by atoms with Crippen LogP contribution < -0.4 is 10.6 Å². The summed E-state index contributed by atoms with van der Waals surface area (Å²) in [5.41, 5.74) is 0.631. The van der Waals surface area contributed by atoms with Crippen molar-refractivity contribution in [2.45, 2.75) is 12.8 Å². The van der Waals surface area contributed by atoms with Crippen molar-refractivity contribution < 1.29 is 4.79 Å². The highest BCUT2D eigenvalue weighted by Gasteiger charge is 2.03. The van der Waals surface area contributed by atoms with Crippen molar-refractivity contribution >= 4 is 34.8 Å². The molecule has 1 aromatic rings. The molecule has 0 radical (unpaired) electrons. The van der Waals surface area contributed by atoms with E-state index in [0.717, 1.165) is 13.0 Å². The second kappa shape index (κ2) is 6.74. The quantitative estimate of drug-likeness (QED) is 0.800. The molecular formula is C11H14Cl2N2O. The van der Waals surface area contributed by atoms with Crippen LogP contribution in [0, 0.1) is 0 Å². The molecule has 88 valence electrons. The lowest BCUT2D eigenvalue weighted by Crippen LogP contribution is -2.15. The monoisotopic (exact) mass is 260 g/mol. The van der Waals surface area contributed by atoms with Gasteiger partial charge in [0.05, 0.1) is 0 Å². The van der Waals surface area contributed by atoms with Gasteiger partial charge in [-0.25, -0.2) is 0 Å². The number of benzene rings is 1. The average molecular weight is 261 g/mol. The molecule has 0 aliphatic heterocycles. The molecule has 0 fully saturated rings. The minimum atomic E-state index is -0.0337. The van der Waals surface area contributed by atoms with E-state index in [-0.39, 0.29) is 5.91 Å². The van der Waals surface area contributed by atoms with Crippen LogP contribution in [0.3, 0.4) is 0 Å². The predicted molar refractivity (Wildman–Crippen MR) is 68.3 cm³/mol. The number of hydrogen-bond donors (Lipinski definition) is 2. The van der Waals surface area contributed by atoms with E-state index in [1.165, 1.54) is 0 Å². The second-order valence-electron chi connectivity index (χ2n) is 3.41. The number of amides is 1. The summed E-state index contributed by atoms with van der Waals surface area (Å²) in [5, 5.41) is 6.75. The molecule has 0 heterocycles. The molecule has 0 saturated carbocycles. The van der Waals surface area contributed by atoms with Crippen molar-refractivity contribution in [3.05, 3.63) is 28.2 Å². The Labute approximate surface area is 105 Å². The van der Waals surface area contributed by atoms with Crippen LogP contribution in [0.5, 0.6) is 0 Å². The smallest absolute Gasteiger partial charge is 0.224 e. The van der Waals surface area contributed by atoms with E-state index >= 15 is 0 Å². The predicted octanol–water partition coefficient (Wildman–Crippen LogP) is 2.93. The minimum absolute atomic E-state index is 0.0337. The summed E-state index contributed by atoms with van der Waals surface area (Å²) < 4.78 is 0. The number of halogens is 2. The van der Waals surface area contributed by atoms with Gasteiger partial charge in [0.1, 0.15) is 0 Å². The third-order valence-corrected chi connectivity index (χ3v) is 2.41. The van der Waals surface area contributed by atoms with Crippen molar-refractivity contribution in [1.82, 2.24) is 5.32 Å². The summed E-state index contributed by atoms with van der Waals surface area (Å²) >= 11 is 11.6. The van der Waals surface area contributed by atoms with Gasteiger partial charge in [-0.2, -0.15) is 0 Å². The molecule has 0 bridgehead atoms. The van der Waals surface area contributed by atoms with Gasteiger partial charge in [-0.3, -0.25) is 4.79 Å². The number of carbonyl (C=O) groups excluding carboxylic acids is 1. The molecule has 1 aromatic carbocycles. The molecule has 0 aliphatic rings. The summed E-state index contributed by atoms with van der Waals surface area (Å²) in [5.74, 6) is -0.0337. The molecule has 0 aliphatic carbocycles. The zero-order valence-electron chi connectivity index (χ0n) is 9.02. The highest BCUT2D eigenvalue weighted by molar-refractivity contribution is 6.35. The van der Waals surface area contributed by atoms with Gasteiger partial charge in [0.25, 0.3) is 0 Å². The Morgan fingerprint density at radius 2 is 1.88 bits per heavy atom. The SMILES string of the molecule is CNCCCC(=O)Nc1cc(Cl)cc(Cl)c1. The van der Waals surface area contributed by atoms with Crippen molar-refractivity contribution in [2.75, 3.05) is 18.9 Å². The van der Waals surface area contributed by atoms with Crippen LogP contribution in [-0.2, 0) is 4.79 Å². The van der Waals surface area contributed by atoms with Crippen LogP contribution in [0.25, 0.3) is 0 Å². The first-order valence-corrected chi connectivity index (χ1v) is 5.78. The van der Waals surface area contributed by atoms with E-state index in [1.54, 1.807) is 18.2 Å². The van der Waals surface area contributed by atoms with Crippen molar-refractivity contribution in [2.24, 2.45) is 0 Å². The molecule has 1 rings (SSSR count). The molecule has 0 spiro atoms. The Morgan fingerprint density at radius 3 is 2.44 bits per heavy atom. The molecule has 2 N–H and O–H groups in total. The normalized spacial score (nSPS) is 10.2. The maximum Gasteiger partial charge on any atom is 0.224 e. The van der Waals surface area contributed by atoms with E-state index in [0.29, 0.717) is 22.2 Å². The van der Waals surface area contributed by atoms with E-state index in [2.05, 4.69) is 10.6 Å². The molecule has 0 saturated heterocycles. The van der Waals surface area contributed by atoms with Gasteiger partial charge in [0.15, 0.2) is 0 Å². The molecule has 0 unspecified atom stereocenters. The third kappa shape index (κ3) is 4.84. The summed E-state index contributed by atoms with van der Waals surface area (Å²) in [4.78, 5) is 11.5. The lowest BCUT2D eigenvalue weighted by atomic mass is 10.2. The molecule has 16 heavy (non-hydrogen) atoms. The number of carbonyl (C=O) groups is 1. The van der Waals surface area contributed by atoms with Crippen molar-refractivity contribution in [3.63, 3.8) is 0 Å². The lowest BCUT2D eigenvalue weighted by molar-refractivity contribution is -0.116. The van der Waals surface area contributed by atoms with E-state index in [9.17, 15) is 4.79 Å². The maximum absolute atomic E-state index is 11.5. The largest absolute Gasteiger partial charge is 0.326 e. The summed E-state index contributed by atoms with van der Waals surface area (Å²) in [6.07, 6.45) is 1.28. The number of rotatable bonds is 5. The first kappa shape index (κ1) is 13.3. The molecule has 0 aromatic heterocycles. The van der Waals surface area contributed by atoms with Gasteiger partial charge in [-0.15, -0.1) is 0 Å². The van der Waals surface area contributed by atoms with E-state index in [1.807, 2.05) is 7.05 Å². The van der Waals surface area contributed by atoms with Gasteiger partial charge < -0.3 is 10.6 Å². The van der Waals surface area contributed by atoms with Crippen LogP contribution in [0.1, 0.15) is 12.8 Å². The second-order valence-corrected chi connectivity index (χ2v) is 4.29. The number of nitrogens with one attached hydrogen (secondary N) is 2. The lowest BCUT2D eigenvalue weighted by Gasteiger charge is -2.06. The number of anilines is 1. The fourth-order valence-corrected chi connectivity index (χ4v) is 1.80. The summed E-state index contributed by atoms with van der Waals surface area (Å²) in [6.45, 7) is 0.823. The van der Waals surface area contributed by atoms with Crippen LogP contribution in [-0.4, -0.2) is 19.5 Å². The number of hydrogen-bond acceptors (Lipinski definition) is 2. The van der Waals surface area contributed by atoms with Crippen molar-refractivity contribution in [3.8, 4) is 0 Å². The van der Waals surface area contributed by atoms with E-state index < -0.39 is 0 Å². The van der Waals surface area contributed by atoms with Gasteiger partial charge in [-0.1, -0.05) is 23.2 Å². The Balaban J connectivity index is 2.49. The highest BCUT2D eigenvalue weighted by atomic mass is 35.5. The van der Waals surface area contributed by atoms with Crippen LogP contribution in [0.4, 0.5) is 5.69 Å². The average Bonchev–Trinajstić information content (AvgIpc) is 2.16. The van der Waals surface area contributed by atoms with Crippen LogP contribution >= 0.6 is 23.2 Å². The summed E-state index contributed by atoms with van der Waals surface area (Å²) in [6, 6.07) is 4.96. The fourth-order valence-electron chi connectivity index (χ4n) is 1.28. The van der Waals surface area contributed by atoms with Gasteiger partial charge in [-0.05, 0) is 38.2 Å². The fraction of sp³-hybridized carbons (Fsp3) is 0.364. The standard InChI is InChI=1S/C11H14Cl2N2O/c1-14-4-2-3-11(16)15-10-6-8(12)5-9(13)7-10/h5-7,14H,2-4H2,1H3,(H,15,16). The Hall–Kier alpha value is -0.770. The topological polar surface area (TPSA) is 41.1 Å². The highest BCUT2D eigenvalue weighted by Crippen LogP contribution is 2.22. The zero-order chi connectivity index (χ0) is 12.0. The maximum atomic E-state index is 11.5. The van der Waals surface area contributed by atoms with Crippen LogP contribution in [0.15, 0.2) is 18.2 Å². The third-order valence-electron chi connectivity index (χ3n) is 1.98. The van der Waals surface area contributed by atoms with Gasteiger partial charge >= 0.3 is 0 Å². The van der Waals surface area contributed by atoms with Crippen LogP contribution in [0.2, 0.25) is 10.0 Å². The minimum Gasteiger partial charge on any atom is -0.326 e. The first-order valence-electron chi connectivity index (χ1n) is 5.02. The molecule has 3 nitrogen and oxygen atoms in total. The molecule has 5 heteroatoms. The molecule has 0 atom stereocenters. The van der Waals surface area contributed by atoms with E-state index in [4.69, 9.17) is 23.2 Å².